The molecule has 0 aliphatic rings. The molecule has 0 aliphatic carbocycles. The summed E-state index contributed by atoms with van der Waals surface area (Å²) in [4.78, 5) is 0. The van der Waals surface area contributed by atoms with Gasteiger partial charge in [0.15, 0.2) is 11.5 Å². The first-order valence-electron chi connectivity index (χ1n) is 8.09. The lowest BCUT2D eigenvalue weighted by Crippen LogP contribution is -2.17. The Kier molecular flexibility index (Phi) is 7.56. The fraction of sp³-hybridized carbons (Fsp3) is 0.368. The van der Waals surface area contributed by atoms with Crippen molar-refractivity contribution in [3.63, 3.8) is 0 Å². The van der Waals surface area contributed by atoms with Crippen LogP contribution in [0.15, 0.2) is 40.9 Å². The van der Waals surface area contributed by atoms with Crippen LogP contribution < -0.4 is 14.8 Å². The van der Waals surface area contributed by atoms with Crippen molar-refractivity contribution in [1.82, 2.24) is 5.32 Å². The summed E-state index contributed by atoms with van der Waals surface area (Å²) in [5.74, 6) is 1.45. The molecular weight excluding hydrogens is 370 g/mol. The summed E-state index contributed by atoms with van der Waals surface area (Å²) in [6, 6.07) is 12.2. The topological polar surface area (TPSA) is 50.7 Å². The minimum Gasteiger partial charge on any atom is -0.490 e. The number of nitrogens with one attached hydrogen (secondary N) is 1. The van der Waals surface area contributed by atoms with Gasteiger partial charge < -0.3 is 19.9 Å². The highest BCUT2D eigenvalue weighted by Gasteiger charge is 2.11. The van der Waals surface area contributed by atoms with Crippen LogP contribution in [-0.2, 0) is 13.2 Å². The van der Waals surface area contributed by atoms with Gasteiger partial charge in [0.05, 0.1) is 13.2 Å². The van der Waals surface area contributed by atoms with Crippen molar-refractivity contribution in [2.24, 2.45) is 0 Å². The van der Waals surface area contributed by atoms with Gasteiger partial charge in [-0.3, -0.25) is 0 Å². The zero-order valence-corrected chi connectivity index (χ0v) is 15.7. The second-order valence-corrected chi connectivity index (χ2v) is 6.36. The molecule has 2 N–H and O–H groups in total. The summed E-state index contributed by atoms with van der Waals surface area (Å²) in [7, 11) is 0. The predicted molar refractivity (Wildman–Crippen MR) is 99.6 cm³/mol. The number of rotatable bonds is 9. The monoisotopic (exact) mass is 393 g/mol. The van der Waals surface area contributed by atoms with E-state index in [1.165, 1.54) is 5.56 Å². The zero-order chi connectivity index (χ0) is 17.4. The molecule has 0 bridgehead atoms. The molecule has 24 heavy (non-hydrogen) atoms. The molecule has 0 saturated carbocycles. The molecule has 0 atom stereocenters. The first kappa shape index (κ1) is 18.8. The lowest BCUT2D eigenvalue weighted by Gasteiger charge is -2.15. The highest BCUT2D eigenvalue weighted by atomic mass is 79.9. The van der Waals surface area contributed by atoms with E-state index in [0.29, 0.717) is 26.3 Å². The number of aliphatic hydroxyl groups excluding tert-OH is 1. The van der Waals surface area contributed by atoms with Gasteiger partial charge in [0, 0.05) is 17.6 Å². The third-order valence-electron chi connectivity index (χ3n) is 3.49. The van der Waals surface area contributed by atoms with E-state index < -0.39 is 0 Å². The summed E-state index contributed by atoms with van der Waals surface area (Å²) in [6.45, 7) is 6.42. The Morgan fingerprint density at radius 3 is 2.62 bits per heavy atom. The SMILES string of the molecule is CCOc1cc(CNCCO)c(Br)cc1OCc1cccc(C)c1. The number of halogens is 1. The van der Waals surface area contributed by atoms with Gasteiger partial charge in [-0.2, -0.15) is 0 Å². The summed E-state index contributed by atoms with van der Waals surface area (Å²) in [5, 5.41) is 12.0. The van der Waals surface area contributed by atoms with Gasteiger partial charge in [-0.15, -0.1) is 0 Å². The minimum absolute atomic E-state index is 0.119. The average Bonchev–Trinajstić information content (AvgIpc) is 2.56. The number of benzene rings is 2. The highest BCUT2D eigenvalue weighted by molar-refractivity contribution is 9.10. The van der Waals surface area contributed by atoms with Crippen LogP contribution in [0.3, 0.4) is 0 Å². The molecule has 0 aromatic heterocycles. The molecule has 0 radical (unpaired) electrons. The van der Waals surface area contributed by atoms with Gasteiger partial charge >= 0.3 is 0 Å². The molecule has 0 amide bonds. The van der Waals surface area contributed by atoms with Gasteiger partial charge in [-0.1, -0.05) is 45.8 Å². The third kappa shape index (κ3) is 5.51. The molecule has 0 spiro atoms. The van der Waals surface area contributed by atoms with E-state index in [1.807, 2.05) is 25.1 Å². The Labute approximate surface area is 151 Å². The normalized spacial score (nSPS) is 10.7. The molecule has 0 heterocycles. The fourth-order valence-electron chi connectivity index (χ4n) is 2.36. The van der Waals surface area contributed by atoms with E-state index in [0.717, 1.165) is 27.1 Å². The van der Waals surface area contributed by atoms with Crippen molar-refractivity contribution in [3.05, 3.63) is 57.6 Å². The number of aryl methyl sites for hydroxylation is 1. The summed E-state index contributed by atoms with van der Waals surface area (Å²) in [6.07, 6.45) is 0. The fourth-order valence-corrected chi connectivity index (χ4v) is 2.82. The molecule has 5 heteroatoms. The molecule has 0 saturated heterocycles. The van der Waals surface area contributed by atoms with Crippen LogP contribution in [-0.4, -0.2) is 24.9 Å². The zero-order valence-electron chi connectivity index (χ0n) is 14.1. The maximum atomic E-state index is 8.88. The Morgan fingerprint density at radius 2 is 1.92 bits per heavy atom. The van der Waals surface area contributed by atoms with Crippen molar-refractivity contribution >= 4 is 15.9 Å². The maximum Gasteiger partial charge on any atom is 0.162 e. The van der Waals surface area contributed by atoms with Gasteiger partial charge in [-0.25, -0.2) is 0 Å². The second-order valence-electron chi connectivity index (χ2n) is 5.50. The van der Waals surface area contributed by atoms with Gasteiger partial charge in [0.1, 0.15) is 6.61 Å². The summed E-state index contributed by atoms with van der Waals surface area (Å²) >= 11 is 3.58. The molecular formula is C19H24BrNO3. The minimum atomic E-state index is 0.119. The number of aliphatic hydroxyl groups is 1. The quantitative estimate of drug-likeness (QED) is 0.635. The van der Waals surface area contributed by atoms with Crippen LogP contribution in [0.4, 0.5) is 0 Å². The highest BCUT2D eigenvalue weighted by Crippen LogP contribution is 2.34. The molecule has 2 aromatic rings. The lowest BCUT2D eigenvalue weighted by molar-refractivity contribution is 0.268. The van der Waals surface area contributed by atoms with E-state index in [2.05, 4.69) is 46.4 Å². The number of ether oxygens (including phenoxy) is 2. The Balaban J connectivity index is 2.13. The van der Waals surface area contributed by atoms with E-state index >= 15 is 0 Å². The van der Waals surface area contributed by atoms with E-state index in [4.69, 9.17) is 14.6 Å². The Morgan fingerprint density at radius 1 is 1.12 bits per heavy atom. The Bertz CT molecular complexity index is 661. The number of hydrogen-bond acceptors (Lipinski definition) is 4. The third-order valence-corrected chi connectivity index (χ3v) is 4.23. The maximum absolute atomic E-state index is 8.88. The number of hydrogen-bond donors (Lipinski definition) is 2. The molecule has 2 aromatic carbocycles. The van der Waals surface area contributed by atoms with E-state index in [1.54, 1.807) is 0 Å². The van der Waals surface area contributed by atoms with Crippen molar-refractivity contribution in [1.29, 1.82) is 0 Å². The Hall–Kier alpha value is -1.56. The van der Waals surface area contributed by atoms with Crippen molar-refractivity contribution in [2.75, 3.05) is 19.8 Å². The molecule has 130 valence electrons. The molecule has 0 fully saturated rings. The van der Waals surface area contributed by atoms with E-state index in [-0.39, 0.29) is 6.61 Å². The van der Waals surface area contributed by atoms with Crippen LogP contribution in [0.25, 0.3) is 0 Å². The van der Waals surface area contributed by atoms with Gasteiger partial charge in [-0.05, 0) is 37.1 Å². The predicted octanol–water partition coefficient (Wildman–Crippen LogP) is 3.82. The smallest absolute Gasteiger partial charge is 0.162 e. The summed E-state index contributed by atoms with van der Waals surface area (Å²) in [5.41, 5.74) is 3.41. The van der Waals surface area contributed by atoms with E-state index in [9.17, 15) is 0 Å². The van der Waals surface area contributed by atoms with Crippen LogP contribution in [0.2, 0.25) is 0 Å². The van der Waals surface area contributed by atoms with Crippen molar-refractivity contribution in [2.45, 2.75) is 27.0 Å². The van der Waals surface area contributed by atoms with Gasteiger partial charge in [0.25, 0.3) is 0 Å². The standard InChI is InChI=1S/C19H24BrNO3/c1-3-23-18-10-16(12-21-7-8-22)17(20)11-19(18)24-13-15-6-4-5-14(2)9-15/h4-6,9-11,21-22H,3,7-8,12-13H2,1-2H3. The van der Waals surface area contributed by atoms with Crippen LogP contribution in [0, 0.1) is 6.92 Å². The van der Waals surface area contributed by atoms with Crippen LogP contribution in [0.5, 0.6) is 11.5 Å². The van der Waals surface area contributed by atoms with Gasteiger partial charge in [0.2, 0.25) is 0 Å². The second kappa shape index (κ2) is 9.67. The molecule has 2 rings (SSSR count). The first-order valence-corrected chi connectivity index (χ1v) is 8.88. The van der Waals surface area contributed by atoms with Crippen LogP contribution in [0.1, 0.15) is 23.6 Å². The van der Waals surface area contributed by atoms with Crippen molar-refractivity contribution in [3.8, 4) is 11.5 Å². The largest absolute Gasteiger partial charge is 0.490 e. The summed E-state index contributed by atoms with van der Waals surface area (Å²) < 4.78 is 12.7. The molecule has 4 nitrogen and oxygen atoms in total. The average molecular weight is 394 g/mol. The molecule has 0 unspecified atom stereocenters. The lowest BCUT2D eigenvalue weighted by atomic mass is 10.1. The molecule has 0 aliphatic heterocycles. The van der Waals surface area contributed by atoms with Crippen LogP contribution >= 0.6 is 15.9 Å². The first-order chi connectivity index (χ1) is 11.6. The van der Waals surface area contributed by atoms with Crippen molar-refractivity contribution < 1.29 is 14.6 Å².